The molecule has 0 heterocycles. The van der Waals surface area contributed by atoms with Gasteiger partial charge in [0.25, 0.3) is 0 Å². The molecular formula is C11H16N2O. The number of hydrogen-bond acceptors (Lipinski definition) is 2. The average Bonchev–Trinajstić information content (AvgIpc) is 2.13. The molecule has 1 aromatic carbocycles. The predicted molar refractivity (Wildman–Crippen MR) is 58.5 cm³/mol. The summed E-state index contributed by atoms with van der Waals surface area (Å²) < 4.78 is 0. The summed E-state index contributed by atoms with van der Waals surface area (Å²) in [6, 6.07) is 5.89. The van der Waals surface area contributed by atoms with Crippen molar-refractivity contribution in [3.05, 3.63) is 29.3 Å². The molecular weight excluding hydrogens is 176 g/mol. The summed E-state index contributed by atoms with van der Waals surface area (Å²) in [6.07, 6.45) is 0. The lowest BCUT2D eigenvalue weighted by Crippen LogP contribution is -2.25. The Labute approximate surface area is 84.5 Å². The van der Waals surface area contributed by atoms with E-state index >= 15 is 0 Å². The highest BCUT2D eigenvalue weighted by atomic mass is 16.1. The van der Waals surface area contributed by atoms with E-state index in [-0.39, 0.29) is 5.91 Å². The van der Waals surface area contributed by atoms with Crippen molar-refractivity contribution in [2.45, 2.75) is 13.8 Å². The monoisotopic (exact) mass is 192 g/mol. The lowest BCUT2D eigenvalue weighted by atomic mass is 10.1. The van der Waals surface area contributed by atoms with Crippen LogP contribution >= 0.6 is 0 Å². The van der Waals surface area contributed by atoms with E-state index in [0.717, 1.165) is 11.3 Å². The van der Waals surface area contributed by atoms with Crippen LogP contribution in [0.15, 0.2) is 18.2 Å². The van der Waals surface area contributed by atoms with Gasteiger partial charge in [0.2, 0.25) is 5.91 Å². The molecule has 3 nitrogen and oxygen atoms in total. The lowest BCUT2D eigenvalue weighted by Gasteiger charge is -2.09. The van der Waals surface area contributed by atoms with E-state index in [2.05, 4.69) is 10.6 Å². The van der Waals surface area contributed by atoms with E-state index in [1.165, 1.54) is 5.56 Å². The molecule has 76 valence electrons. The van der Waals surface area contributed by atoms with Crippen LogP contribution in [0.1, 0.15) is 11.1 Å². The summed E-state index contributed by atoms with van der Waals surface area (Å²) in [5, 5.41) is 5.66. The number of carbonyl (C=O) groups is 1. The van der Waals surface area contributed by atoms with E-state index in [1.54, 1.807) is 7.05 Å². The summed E-state index contributed by atoms with van der Waals surface area (Å²) in [4.78, 5) is 11.3. The minimum Gasteiger partial charge on any atom is -0.325 e. The maximum Gasteiger partial charge on any atom is 0.238 e. The molecule has 1 amide bonds. The third-order valence-corrected chi connectivity index (χ3v) is 2.22. The topological polar surface area (TPSA) is 41.1 Å². The Morgan fingerprint density at radius 1 is 1.36 bits per heavy atom. The molecule has 0 aliphatic carbocycles. The van der Waals surface area contributed by atoms with E-state index in [4.69, 9.17) is 0 Å². The second kappa shape index (κ2) is 4.77. The normalized spacial score (nSPS) is 9.93. The van der Waals surface area contributed by atoms with Gasteiger partial charge in [-0.1, -0.05) is 12.1 Å². The number of anilines is 1. The van der Waals surface area contributed by atoms with E-state index in [9.17, 15) is 4.79 Å². The molecule has 0 fully saturated rings. The SMILES string of the molecule is CNCC(=O)Nc1cccc(C)c1C. The van der Waals surface area contributed by atoms with Crippen molar-refractivity contribution in [3.8, 4) is 0 Å². The fourth-order valence-corrected chi connectivity index (χ4v) is 1.24. The molecule has 1 rings (SSSR count). The van der Waals surface area contributed by atoms with Crippen molar-refractivity contribution in [2.24, 2.45) is 0 Å². The van der Waals surface area contributed by atoms with Crippen molar-refractivity contribution in [1.82, 2.24) is 5.32 Å². The van der Waals surface area contributed by atoms with E-state index in [1.807, 2.05) is 32.0 Å². The molecule has 0 atom stereocenters. The number of likely N-dealkylation sites (N-methyl/N-ethyl adjacent to an activating group) is 1. The molecule has 0 saturated carbocycles. The van der Waals surface area contributed by atoms with Crippen LogP contribution in [0.3, 0.4) is 0 Å². The zero-order chi connectivity index (χ0) is 10.6. The molecule has 0 saturated heterocycles. The highest BCUT2D eigenvalue weighted by molar-refractivity contribution is 5.93. The van der Waals surface area contributed by atoms with Crippen molar-refractivity contribution in [1.29, 1.82) is 0 Å². The number of aryl methyl sites for hydroxylation is 1. The van der Waals surface area contributed by atoms with Gasteiger partial charge in [-0.05, 0) is 38.1 Å². The zero-order valence-electron chi connectivity index (χ0n) is 8.85. The van der Waals surface area contributed by atoms with Crippen LogP contribution in [0.4, 0.5) is 5.69 Å². The summed E-state index contributed by atoms with van der Waals surface area (Å²) in [5.74, 6) is -0.0128. The van der Waals surface area contributed by atoms with Crippen LogP contribution in [-0.2, 0) is 4.79 Å². The van der Waals surface area contributed by atoms with Crippen LogP contribution in [-0.4, -0.2) is 19.5 Å². The highest BCUT2D eigenvalue weighted by Crippen LogP contribution is 2.17. The Morgan fingerprint density at radius 3 is 2.71 bits per heavy atom. The van der Waals surface area contributed by atoms with Gasteiger partial charge in [-0.15, -0.1) is 0 Å². The first kappa shape index (κ1) is 10.7. The minimum absolute atomic E-state index is 0.0128. The first-order valence-electron chi connectivity index (χ1n) is 4.66. The summed E-state index contributed by atoms with van der Waals surface area (Å²) >= 11 is 0. The Bertz CT molecular complexity index is 334. The molecule has 0 radical (unpaired) electrons. The average molecular weight is 192 g/mol. The number of benzene rings is 1. The molecule has 0 aliphatic rings. The smallest absolute Gasteiger partial charge is 0.238 e. The Kier molecular flexibility index (Phi) is 3.65. The van der Waals surface area contributed by atoms with Crippen molar-refractivity contribution in [3.63, 3.8) is 0 Å². The predicted octanol–water partition coefficient (Wildman–Crippen LogP) is 1.46. The Hall–Kier alpha value is -1.35. The highest BCUT2D eigenvalue weighted by Gasteiger charge is 2.03. The lowest BCUT2D eigenvalue weighted by molar-refractivity contribution is -0.115. The van der Waals surface area contributed by atoms with Gasteiger partial charge < -0.3 is 10.6 Å². The molecule has 0 unspecified atom stereocenters. The van der Waals surface area contributed by atoms with Crippen LogP contribution < -0.4 is 10.6 Å². The third kappa shape index (κ3) is 2.57. The van der Waals surface area contributed by atoms with Crippen LogP contribution in [0.5, 0.6) is 0 Å². The van der Waals surface area contributed by atoms with Gasteiger partial charge in [-0.2, -0.15) is 0 Å². The molecule has 1 aromatic rings. The first-order chi connectivity index (χ1) is 6.65. The maximum absolute atomic E-state index is 11.3. The minimum atomic E-state index is -0.0128. The second-order valence-corrected chi connectivity index (χ2v) is 3.33. The van der Waals surface area contributed by atoms with Crippen molar-refractivity contribution >= 4 is 11.6 Å². The van der Waals surface area contributed by atoms with Gasteiger partial charge in [0, 0.05) is 5.69 Å². The van der Waals surface area contributed by atoms with Gasteiger partial charge in [0.05, 0.1) is 6.54 Å². The van der Waals surface area contributed by atoms with Gasteiger partial charge >= 0.3 is 0 Å². The number of carbonyl (C=O) groups excluding carboxylic acids is 1. The Balaban J connectivity index is 2.76. The Morgan fingerprint density at radius 2 is 2.07 bits per heavy atom. The fourth-order valence-electron chi connectivity index (χ4n) is 1.24. The maximum atomic E-state index is 11.3. The fraction of sp³-hybridized carbons (Fsp3) is 0.364. The number of hydrogen-bond donors (Lipinski definition) is 2. The van der Waals surface area contributed by atoms with Crippen LogP contribution in [0.25, 0.3) is 0 Å². The summed E-state index contributed by atoms with van der Waals surface area (Å²) in [7, 11) is 1.75. The van der Waals surface area contributed by atoms with Crippen LogP contribution in [0, 0.1) is 13.8 Å². The molecule has 0 spiro atoms. The standard InChI is InChI=1S/C11H16N2O/c1-8-5-4-6-10(9(8)2)13-11(14)7-12-3/h4-6,12H,7H2,1-3H3,(H,13,14). The zero-order valence-corrected chi connectivity index (χ0v) is 8.85. The van der Waals surface area contributed by atoms with Crippen molar-refractivity contribution in [2.75, 3.05) is 18.9 Å². The number of nitrogens with one attached hydrogen (secondary N) is 2. The summed E-state index contributed by atoms with van der Waals surface area (Å²) in [5.41, 5.74) is 3.20. The molecule has 0 bridgehead atoms. The van der Waals surface area contributed by atoms with Crippen LogP contribution in [0.2, 0.25) is 0 Å². The second-order valence-electron chi connectivity index (χ2n) is 3.33. The number of amides is 1. The largest absolute Gasteiger partial charge is 0.325 e. The molecule has 0 aromatic heterocycles. The molecule has 14 heavy (non-hydrogen) atoms. The molecule has 0 aliphatic heterocycles. The van der Waals surface area contributed by atoms with Gasteiger partial charge in [-0.25, -0.2) is 0 Å². The van der Waals surface area contributed by atoms with E-state index < -0.39 is 0 Å². The van der Waals surface area contributed by atoms with E-state index in [0.29, 0.717) is 6.54 Å². The number of rotatable bonds is 3. The molecule has 2 N–H and O–H groups in total. The summed E-state index contributed by atoms with van der Waals surface area (Å²) in [6.45, 7) is 4.38. The van der Waals surface area contributed by atoms with Gasteiger partial charge in [0.1, 0.15) is 0 Å². The quantitative estimate of drug-likeness (QED) is 0.761. The van der Waals surface area contributed by atoms with Crippen molar-refractivity contribution < 1.29 is 4.79 Å². The molecule has 3 heteroatoms. The van der Waals surface area contributed by atoms with Gasteiger partial charge in [-0.3, -0.25) is 4.79 Å². The third-order valence-electron chi connectivity index (χ3n) is 2.22. The van der Waals surface area contributed by atoms with Gasteiger partial charge in [0.15, 0.2) is 0 Å². The first-order valence-corrected chi connectivity index (χ1v) is 4.66.